The molecular weight excluding hydrogens is 216 g/mol. The van der Waals surface area contributed by atoms with E-state index in [9.17, 15) is 0 Å². The summed E-state index contributed by atoms with van der Waals surface area (Å²) in [6.45, 7) is 0. The molecule has 0 bridgehead atoms. The first-order valence-corrected chi connectivity index (χ1v) is 8.04. The maximum atomic E-state index is 5.15. The van der Waals surface area contributed by atoms with Crippen LogP contribution in [0.4, 0.5) is 0 Å². The van der Waals surface area contributed by atoms with Crippen LogP contribution in [-0.2, 0) is 20.1 Å². The number of rotatable bonds is 1. The monoisotopic (exact) mass is 216 g/mol. The van der Waals surface area contributed by atoms with Gasteiger partial charge >= 0.3 is 66.4 Å². The van der Waals surface area contributed by atoms with Crippen LogP contribution in [0, 0.1) is 0 Å². The zero-order chi connectivity index (χ0) is 5.41. The topological polar surface area (TPSA) is 9.23 Å². The third kappa shape index (κ3) is 16.8. The van der Waals surface area contributed by atoms with Crippen LogP contribution in [0.25, 0.3) is 0 Å². The third-order valence-corrected chi connectivity index (χ3v) is 1.70. The summed E-state index contributed by atoms with van der Waals surface area (Å²) in [7, 11) is 6.78. The zero-order valence-corrected chi connectivity index (χ0v) is 9.18. The first-order chi connectivity index (χ1) is 2.91. The van der Waals surface area contributed by atoms with Crippen molar-refractivity contribution in [3.63, 3.8) is 0 Å². The summed E-state index contributed by atoms with van der Waals surface area (Å²) in [6.07, 6.45) is 0. The van der Waals surface area contributed by atoms with Gasteiger partial charge in [-0.1, -0.05) is 0 Å². The number of halogens is 2. The van der Waals surface area contributed by atoms with Crippen molar-refractivity contribution in [1.29, 1.82) is 0 Å². The molecule has 0 unspecified atom stereocenters. The molecule has 6 heavy (non-hydrogen) atoms. The Morgan fingerprint density at radius 1 is 1.83 bits per heavy atom. The van der Waals surface area contributed by atoms with Crippen molar-refractivity contribution in [2.24, 2.45) is 0 Å². The van der Waals surface area contributed by atoms with Crippen molar-refractivity contribution >= 4 is 39.2 Å². The Bertz CT molecular complexity index is 17.5. The van der Waals surface area contributed by atoms with Gasteiger partial charge in [0, 0.05) is 0 Å². The summed E-state index contributed by atoms with van der Waals surface area (Å²) in [5.74, 6) is 0. The van der Waals surface area contributed by atoms with E-state index < -0.39 is 16.5 Å². The van der Waals surface area contributed by atoms with Gasteiger partial charge in [0.2, 0.25) is 0 Å². The molecule has 0 aromatic heterocycles. The van der Waals surface area contributed by atoms with Crippen LogP contribution in [0.5, 0.6) is 0 Å². The van der Waals surface area contributed by atoms with Gasteiger partial charge in [0.1, 0.15) is 0 Å². The zero-order valence-electron chi connectivity index (χ0n) is 3.87. The van der Waals surface area contributed by atoms with Gasteiger partial charge in [-0.25, -0.2) is 0 Å². The van der Waals surface area contributed by atoms with Crippen molar-refractivity contribution in [2.75, 3.05) is 7.11 Å². The van der Waals surface area contributed by atoms with E-state index in [0.29, 0.717) is 0 Å². The Balaban J connectivity index is 0. The van der Waals surface area contributed by atoms with Crippen LogP contribution in [-0.4, -0.2) is 22.9 Å². The second-order valence-electron chi connectivity index (χ2n) is 0.398. The fourth-order valence-corrected chi connectivity index (χ4v) is 0. The Morgan fingerprint density at radius 2 is 2.00 bits per heavy atom. The molecule has 0 heterocycles. The van der Waals surface area contributed by atoms with Crippen LogP contribution < -0.4 is 0 Å². The quantitative estimate of drug-likeness (QED) is 0.602. The molecule has 0 saturated heterocycles. The normalized spacial score (nSPS) is 4.83. The van der Waals surface area contributed by atoms with E-state index in [1.165, 1.54) is 0 Å². The molecule has 0 aliphatic heterocycles. The summed E-state index contributed by atoms with van der Waals surface area (Å²) in [5, 5.41) is 0. The molecule has 0 spiro atoms. The molecule has 5 heteroatoms. The van der Waals surface area contributed by atoms with E-state index in [4.69, 9.17) is 9.69 Å². The summed E-state index contributed by atoms with van der Waals surface area (Å²) >= 11 is 3.83. The molecule has 0 aromatic carbocycles. The maximum absolute atomic E-state index is 5.15. The minimum absolute atomic E-state index is 0.917. The first-order valence-electron chi connectivity index (χ1n) is 1.34. The standard InChI is InChI=1S/CH3O.BrH.ClH.Li.Zn/c1-2;;;;/h1H3;2*1H;;/q-1;;;+1;+2/p-2. The van der Waals surface area contributed by atoms with Crippen molar-refractivity contribution in [2.45, 2.75) is 0 Å². The van der Waals surface area contributed by atoms with Crippen molar-refractivity contribution in [1.82, 2.24) is 0 Å². The van der Waals surface area contributed by atoms with E-state index in [2.05, 4.69) is 17.3 Å². The van der Waals surface area contributed by atoms with E-state index in [1.54, 1.807) is 7.11 Å². The van der Waals surface area contributed by atoms with Crippen molar-refractivity contribution < 1.29 is 20.1 Å². The summed E-state index contributed by atoms with van der Waals surface area (Å²) in [4.78, 5) is 0. The molecule has 1 nitrogen and oxygen atoms in total. The number of hydrogen-bond donors (Lipinski definition) is 0. The SMILES string of the molecule is C[O][Zn][Cl].[Li][Br]. The molecular formula is CH3BrClLiOZn. The number of hydrogen-bond acceptors (Lipinski definition) is 1. The Kier molecular flexibility index (Phi) is 28.5. The van der Waals surface area contributed by atoms with Gasteiger partial charge in [0.25, 0.3) is 0 Å². The summed E-state index contributed by atoms with van der Waals surface area (Å²) in [6, 6.07) is 0. The molecule has 30 valence electrons. The third-order valence-electron chi connectivity index (χ3n) is 0.109. The first kappa shape index (κ1) is 10.8. The molecule has 0 N–H and O–H groups in total. The molecule has 0 aliphatic carbocycles. The minimum atomic E-state index is -0.917. The molecule has 0 amide bonds. The average molecular weight is 219 g/mol. The van der Waals surface area contributed by atoms with E-state index >= 15 is 0 Å². The summed E-state index contributed by atoms with van der Waals surface area (Å²) < 4.78 is 4.49. The van der Waals surface area contributed by atoms with Gasteiger partial charge in [-0.15, -0.1) is 0 Å². The Labute approximate surface area is 65.8 Å². The molecule has 0 rings (SSSR count). The second kappa shape index (κ2) is 15.8. The fourth-order valence-electron chi connectivity index (χ4n) is 0. The van der Waals surface area contributed by atoms with Crippen molar-refractivity contribution in [3.05, 3.63) is 0 Å². The van der Waals surface area contributed by atoms with Crippen LogP contribution in [0.3, 0.4) is 0 Å². The fraction of sp³-hybridized carbons (Fsp3) is 1.00. The van der Waals surface area contributed by atoms with Crippen LogP contribution in [0.1, 0.15) is 0 Å². The van der Waals surface area contributed by atoms with Crippen LogP contribution in [0.2, 0.25) is 0 Å². The average Bonchev–Trinajstić information content (AvgIpc) is 1.72. The molecule has 0 aromatic rings. The van der Waals surface area contributed by atoms with E-state index in [1.807, 2.05) is 15.8 Å². The second-order valence-corrected chi connectivity index (χ2v) is 3.20. The molecule has 0 fully saturated rings. The van der Waals surface area contributed by atoms with Crippen LogP contribution >= 0.6 is 23.4 Å². The Hall–Kier alpha value is 1.95. The van der Waals surface area contributed by atoms with Gasteiger partial charge in [0.15, 0.2) is 0 Å². The van der Waals surface area contributed by atoms with Gasteiger partial charge in [-0.05, 0) is 0 Å². The predicted molar refractivity (Wildman–Crippen MR) is 27.5 cm³/mol. The van der Waals surface area contributed by atoms with Gasteiger partial charge < -0.3 is 0 Å². The molecule has 0 saturated carbocycles. The molecule has 0 radical (unpaired) electrons. The van der Waals surface area contributed by atoms with Gasteiger partial charge in [-0.2, -0.15) is 0 Å². The van der Waals surface area contributed by atoms with E-state index in [0.717, 1.165) is 0 Å². The Morgan fingerprint density at radius 3 is 2.00 bits per heavy atom. The summed E-state index contributed by atoms with van der Waals surface area (Å²) in [5.41, 5.74) is 0. The van der Waals surface area contributed by atoms with Crippen LogP contribution in [0.15, 0.2) is 0 Å². The van der Waals surface area contributed by atoms with Gasteiger partial charge in [0.05, 0.1) is 0 Å². The van der Waals surface area contributed by atoms with E-state index in [-0.39, 0.29) is 0 Å². The van der Waals surface area contributed by atoms with Gasteiger partial charge in [-0.3, -0.25) is 0 Å². The van der Waals surface area contributed by atoms with Crippen molar-refractivity contribution in [3.8, 4) is 0 Å². The molecule has 0 atom stereocenters. The predicted octanol–water partition coefficient (Wildman–Crippen LogP) is 1.25. The molecule has 0 aliphatic rings.